The van der Waals surface area contributed by atoms with Crippen molar-refractivity contribution >= 4 is 5.91 Å². The van der Waals surface area contributed by atoms with Crippen LogP contribution in [0.1, 0.15) is 25.7 Å². The fraction of sp³-hybridized carbons (Fsp3) is 0.846. The van der Waals surface area contributed by atoms with E-state index in [2.05, 4.69) is 18.0 Å². The van der Waals surface area contributed by atoms with Crippen LogP contribution in [-0.2, 0) is 9.53 Å². The number of ether oxygens (including phenoxy) is 1. The average molecular weight is 253 g/mol. The Morgan fingerprint density at radius 3 is 2.61 bits per heavy atom. The van der Waals surface area contributed by atoms with Crippen molar-refractivity contribution in [1.29, 1.82) is 5.26 Å². The quantitative estimate of drug-likeness (QED) is 0.704. The van der Waals surface area contributed by atoms with E-state index >= 15 is 0 Å². The summed E-state index contributed by atoms with van der Waals surface area (Å²) in [7, 11) is 3.83. The SMILES string of the molecule is CN(CCC#N)C(=O)CCN(C)C1CCOCC1. The summed E-state index contributed by atoms with van der Waals surface area (Å²) in [4.78, 5) is 15.7. The van der Waals surface area contributed by atoms with Gasteiger partial charge in [-0.1, -0.05) is 0 Å². The molecule has 0 bridgehead atoms. The van der Waals surface area contributed by atoms with Crippen molar-refractivity contribution in [2.24, 2.45) is 0 Å². The molecule has 0 saturated carbocycles. The van der Waals surface area contributed by atoms with Crippen LogP contribution >= 0.6 is 0 Å². The molecule has 5 heteroatoms. The number of carbonyl (C=O) groups excluding carboxylic acids is 1. The minimum Gasteiger partial charge on any atom is -0.381 e. The molecule has 0 radical (unpaired) electrons. The minimum absolute atomic E-state index is 0.115. The third-order valence-corrected chi connectivity index (χ3v) is 3.48. The largest absolute Gasteiger partial charge is 0.381 e. The number of hydrogen-bond acceptors (Lipinski definition) is 4. The van der Waals surface area contributed by atoms with Gasteiger partial charge in [0.15, 0.2) is 0 Å². The molecule has 102 valence electrons. The van der Waals surface area contributed by atoms with Crippen molar-refractivity contribution in [1.82, 2.24) is 9.80 Å². The second-order valence-electron chi connectivity index (χ2n) is 4.80. The van der Waals surface area contributed by atoms with Gasteiger partial charge in [-0.3, -0.25) is 4.79 Å². The van der Waals surface area contributed by atoms with Gasteiger partial charge >= 0.3 is 0 Å². The molecular weight excluding hydrogens is 230 g/mol. The van der Waals surface area contributed by atoms with Crippen molar-refractivity contribution in [3.8, 4) is 6.07 Å². The van der Waals surface area contributed by atoms with E-state index in [1.807, 2.05) is 0 Å². The Morgan fingerprint density at radius 2 is 2.00 bits per heavy atom. The van der Waals surface area contributed by atoms with Crippen molar-refractivity contribution in [3.63, 3.8) is 0 Å². The molecule has 0 N–H and O–H groups in total. The van der Waals surface area contributed by atoms with Gasteiger partial charge in [-0.05, 0) is 19.9 Å². The molecule has 1 aliphatic rings. The summed E-state index contributed by atoms with van der Waals surface area (Å²) < 4.78 is 5.33. The molecule has 1 heterocycles. The molecule has 0 spiro atoms. The maximum atomic E-state index is 11.8. The summed E-state index contributed by atoms with van der Waals surface area (Å²) in [6.45, 7) is 2.95. The normalized spacial score (nSPS) is 16.6. The van der Waals surface area contributed by atoms with E-state index in [0.717, 1.165) is 32.6 Å². The molecule has 0 unspecified atom stereocenters. The molecule has 1 fully saturated rings. The van der Waals surface area contributed by atoms with Gasteiger partial charge in [0.25, 0.3) is 0 Å². The molecule has 1 saturated heterocycles. The maximum Gasteiger partial charge on any atom is 0.223 e. The first-order valence-corrected chi connectivity index (χ1v) is 6.54. The third-order valence-electron chi connectivity index (χ3n) is 3.48. The highest BCUT2D eigenvalue weighted by Gasteiger charge is 2.19. The molecule has 0 aromatic carbocycles. The van der Waals surface area contributed by atoms with E-state index in [1.165, 1.54) is 0 Å². The first-order valence-electron chi connectivity index (χ1n) is 6.54. The molecule has 5 nitrogen and oxygen atoms in total. The topological polar surface area (TPSA) is 56.6 Å². The summed E-state index contributed by atoms with van der Waals surface area (Å²) in [6.07, 6.45) is 3.03. The van der Waals surface area contributed by atoms with Gasteiger partial charge in [0, 0.05) is 45.8 Å². The van der Waals surface area contributed by atoms with E-state index in [0.29, 0.717) is 25.4 Å². The second kappa shape index (κ2) is 8.06. The van der Waals surface area contributed by atoms with E-state index in [4.69, 9.17) is 10.00 Å². The predicted octanol–water partition coefficient (Wildman–Crippen LogP) is 0.859. The number of carbonyl (C=O) groups is 1. The zero-order chi connectivity index (χ0) is 13.4. The number of amides is 1. The Hall–Kier alpha value is -1.12. The van der Waals surface area contributed by atoms with Crippen LogP contribution < -0.4 is 0 Å². The standard InChI is InChI=1S/C13H23N3O2/c1-15(12-5-10-18-11-6-12)9-4-13(17)16(2)8-3-7-14/h12H,3-6,8-11H2,1-2H3. The Balaban J connectivity index is 2.22. The van der Waals surface area contributed by atoms with Gasteiger partial charge in [0.1, 0.15) is 0 Å². The molecule has 0 aromatic heterocycles. The molecule has 1 amide bonds. The van der Waals surface area contributed by atoms with Gasteiger partial charge in [0.05, 0.1) is 12.5 Å². The number of nitriles is 1. The summed E-state index contributed by atoms with van der Waals surface area (Å²) in [6, 6.07) is 2.59. The lowest BCUT2D eigenvalue weighted by Gasteiger charge is -2.31. The van der Waals surface area contributed by atoms with Gasteiger partial charge in [0.2, 0.25) is 5.91 Å². The molecule has 1 rings (SSSR count). The fourth-order valence-electron chi connectivity index (χ4n) is 2.11. The molecule has 1 aliphatic heterocycles. The lowest BCUT2D eigenvalue weighted by Crippen LogP contribution is -2.39. The van der Waals surface area contributed by atoms with Crippen LogP contribution in [0.3, 0.4) is 0 Å². The summed E-state index contributed by atoms with van der Waals surface area (Å²) in [5, 5.41) is 8.48. The lowest BCUT2D eigenvalue weighted by atomic mass is 10.1. The zero-order valence-corrected chi connectivity index (χ0v) is 11.4. The second-order valence-corrected chi connectivity index (χ2v) is 4.80. The molecule has 0 aliphatic carbocycles. The number of rotatable bonds is 6. The summed E-state index contributed by atoms with van der Waals surface area (Å²) in [5.74, 6) is 0.115. The highest BCUT2D eigenvalue weighted by Crippen LogP contribution is 2.13. The van der Waals surface area contributed by atoms with Crippen molar-refractivity contribution in [2.75, 3.05) is 40.4 Å². The van der Waals surface area contributed by atoms with Gasteiger partial charge in [-0.15, -0.1) is 0 Å². The predicted molar refractivity (Wildman–Crippen MR) is 69.0 cm³/mol. The maximum absolute atomic E-state index is 11.8. The van der Waals surface area contributed by atoms with Gasteiger partial charge in [-0.25, -0.2) is 0 Å². The van der Waals surface area contributed by atoms with Crippen molar-refractivity contribution in [3.05, 3.63) is 0 Å². The molecular formula is C13H23N3O2. The van der Waals surface area contributed by atoms with Crippen LogP contribution in [0.25, 0.3) is 0 Å². The van der Waals surface area contributed by atoms with Crippen LogP contribution in [-0.4, -0.2) is 62.1 Å². The Bertz CT molecular complexity index is 295. The Morgan fingerprint density at radius 1 is 1.33 bits per heavy atom. The highest BCUT2D eigenvalue weighted by atomic mass is 16.5. The van der Waals surface area contributed by atoms with E-state index in [1.54, 1.807) is 11.9 Å². The van der Waals surface area contributed by atoms with Gasteiger partial charge < -0.3 is 14.5 Å². The highest BCUT2D eigenvalue weighted by molar-refractivity contribution is 5.76. The van der Waals surface area contributed by atoms with Crippen LogP contribution in [0.5, 0.6) is 0 Å². The van der Waals surface area contributed by atoms with Crippen LogP contribution in [0.4, 0.5) is 0 Å². The van der Waals surface area contributed by atoms with Crippen molar-refractivity contribution < 1.29 is 9.53 Å². The fourth-order valence-corrected chi connectivity index (χ4v) is 2.11. The first kappa shape index (κ1) is 14.9. The average Bonchev–Trinajstić information content (AvgIpc) is 2.42. The minimum atomic E-state index is 0.115. The van der Waals surface area contributed by atoms with Crippen molar-refractivity contribution in [2.45, 2.75) is 31.7 Å². The van der Waals surface area contributed by atoms with E-state index in [-0.39, 0.29) is 5.91 Å². The Kier molecular flexibility index (Phi) is 6.69. The van der Waals surface area contributed by atoms with Gasteiger partial charge in [-0.2, -0.15) is 5.26 Å². The Labute approximate surface area is 109 Å². The number of hydrogen-bond donors (Lipinski definition) is 0. The third kappa shape index (κ3) is 5.03. The van der Waals surface area contributed by atoms with Crippen LogP contribution in [0.15, 0.2) is 0 Å². The van der Waals surface area contributed by atoms with E-state index < -0.39 is 0 Å². The first-order chi connectivity index (χ1) is 8.65. The van der Waals surface area contributed by atoms with Crippen LogP contribution in [0, 0.1) is 11.3 Å². The molecule has 0 aromatic rings. The smallest absolute Gasteiger partial charge is 0.223 e. The summed E-state index contributed by atoms with van der Waals surface area (Å²) >= 11 is 0. The summed E-state index contributed by atoms with van der Waals surface area (Å²) in [5.41, 5.74) is 0. The lowest BCUT2D eigenvalue weighted by molar-refractivity contribution is -0.130. The molecule has 0 atom stereocenters. The number of nitrogens with zero attached hydrogens (tertiary/aromatic N) is 3. The molecule has 18 heavy (non-hydrogen) atoms. The monoisotopic (exact) mass is 253 g/mol. The van der Waals surface area contributed by atoms with Crippen LogP contribution in [0.2, 0.25) is 0 Å². The zero-order valence-electron chi connectivity index (χ0n) is 11.4. The van der Waals surface area contributed by atoms with E-state index in [9.17, 15) is 4.79 Å².